The van der Waals surface area contributed by atoms with E-state index >= 15 is 0 Å². The first-order chi connectivity index (χ1) is 13.1. The fourth-order valence-corrected chi connectivity index (χ4v) is 3.94. The van der Waals surface area contributed by atoms with Gasteiger partial charge in [-0.3, -0.25) is 4.79 Å². The van der Waals surface area contributed by atoms with Gasteiger partial charge >= 0.3 is 5.97 Å². The second-order valence-electron chi connectivity index (χ2n) is 7.57. The minimum Gasteiger partial charge on any atom is -0.469 e. The van der Waals surface area contributed by atoms with E-state index in [1.807, 2.05) is 18.2 Å². The highest BCUT2D eigenvalue weighted by molar-refractivity contribution is 5.68. The highest BCUT2D eigenvalue weighted by Crippen LogP contribution is 2.36. The normalized spacial score (nSPS) is 23.7. The number of rotatable bonds is 12. The molecule has 0 aromatic carbocycles. The Hall–Kier alpha value is -1.59. The van der Waals surface area contributed by atoms with Crippen molar-refractivity contribution in [3.63, 3.8) is 0 Å². The van der Waals surface area contributed by atoms with Gasteiger partial charge in [-0.2, -0.15) is 0 Å². The molecule has 1 heterocycles. The Balaban J connectivity index is 1.66. The molecule has 1 aliphatic carbocycles. The Morgan fingerprint density at radius 2 is 2.15 bits per heavy atom. The summed E-state index contributed by atoms with van der Waals surface area (Å²) in [6.45, 7) is 0. The number of furan rings is 1. The van der Waals surface area contributed by atoms with E-state index in [-0.39, 0.29) is 18.0 Å². The molecule has 2 N–H and O–H groups in total. The molecule has 0 saturated heterocycles. The topological polar surface area (TPSA) is 79.9 Å². The van der Waals surface area contributed by atoms with Crippen LogP contribution in [-0.4, -0.2) is 35.5 Å². The quantitative estimate of drug-likeness (QED) is 0.326. The van der Waals surface area contributed by atoms with Crippen LogP contribution in [0.2, 0.25) is 0 Å². The van der Waals surface area contributed by atoms with Crippen LogP contribution in [0.15, 0.2) is 35.0 Å². The molecule has 0 aliphatic heterocycles. The largest absolute Gasteiger partial charge is 0.469 e. The summed E-state index contributed by atoms with van der Waals surface area (Å²) in [7, 11) is 1.42. The molecule has 152 valence electrons. The van der Waals surface area contributed by atoms with Gasteiger partial charge in [-0.25, -0.2) is 0 Å². The molecular formula is C22H34O5. The maximum Gasteiger partial charge on any atom is 0.305 e. The third-order valence-corrected chi connectivity index (χ3v) is 5.58. The SMILES string of the molecule is COC(=O)CCCCCC[C@H]1[C@@H](O)CC[C@@H]1/C=C/[C@H](O)CCc1ccco1. The molecule has 1 aromatic heterocycles. The molecule has 1 fully saturated rings. The van der Waals surface area contributed by atoms with E-state index in [2.05, 4.69) is 10.8 Å². The zero-order chi connectivity index (χ0) is 19.5. The Labute approximate surface area is 162 Å². The number of methoxy groups -OCH3 is 1. The lowest BCUT2D eigenvalue weighted by atomic mass is 9.88. The second kappa shape index (κ2) is 12.0. The summed E-state index contributed by atoms with van der Waals surface area (Å²) in [6, 6.07) is 3.78. The fraction of sp³-hybridized carbons (Fsp3) is 0.682. The van der Waals surface area contributed by atoms with Gasteiger partial charge in [0.15, 0.2) is 0 Å². The van der Waals surface area contributed by atoms with Crippen LogP contribution >= 0.6 is 0 Å². The monoisotopic (exact) mass is 378 g/mol. The standard InChI is InChI=1S/C22H34O5/c1-26-22(25)9-5-3-2-4-8-20-17(11-15-21(20)24)10-12-18(23)13-14-19-7-6-16-27-19/h6-7,10,12,16-18,20-21,23-24H,2-5,8-9,11,13-15H2,1H3/b12-10+/t17-,18-,20+,21-/m0/s1. The fourth-order valence-electron chi connectivity index (χ4n) is 3.94. The van der Waals surface area contributed by atoms with E-state index < -0.39 is 6.10 Å². The van der Waals surface area contributed by atoms with Crippen molar-refractivity contribution in [2.24, 2.45) is 11.8 Å². The van der Waals surface area contributed by atoms with E-state index in [0.717, 1.165) is 57.1 Å². The first-order valence-corrected chi connectivity index (χ1v) is 10.2. The van der Waals surface area contributed by atoms with Crippen LogP contribution in [0.3, 0.4) is 0 Å². The van der Waals surface area contributed by atoms with Gasteiger partial charge in [0.05, 0.1) is 25.6 Å². The first kappa shape index (κ1) is 21.7. The van der Waals surface area contributed by atoms with Crippen molar-refractivity contribution in [2.75, 3.05) is 7.11 Å². The predicted octanol–water partition coefficient (Wildman–Crippen LogP) is 4.03. The van der Waals surface area contributed by atoms with Crippen molar-refractivity contribution in [1.29, 1.82) is 0 Å². The van der Waals surface area contributed by atoms with Crippen molar-refractivity contribution >= 4 is 5.97 Å². The molecule has 27 heavy (non-hydrogen) atoms. The summed E-state index contributed by atoms with van der Waals surface area (Å²) in [5, 5.41) is 20.5. The minimum atomic E-state index is -0.480. The number of allylic oxidation sites excluding steroid dienone is 1. The Kier molecular flexibility index (Phi) is 9.64. The molecule has 2 rings (SSSR count). The van der Waals surface area contributed by atoms with Crippen molar-refractivity contribution in [2.45, 2.75) is 76.4 Å². The van der Waals surface area contributed by atoms with Gasteiger partial charge in [0.1, 0.15) is 5.76 Å². The number of esters is 1. The average molecular weight is 379 g/mol. The summed E-state index contributed by atoms with van der Waals surface area (Å²) in [5.41, 5.74) is 0. The molecule has 5 nitrogen and oxygen atoms in total. The number of hydrogen-bond acceptors (Lipinski definition) is 5. The Bertz CT molecular complexity index is 551. The number of aliphatic hydroxyl groups excluding tert-OH is 2. The van der Waals surface area contributed by atoms with Gasteiger partial charge in [-0.15, -0.1) is 0 Å². The van der Waals surface area contributed by atoms with Gasteiger partial charge in [0.25, 0.3) is 0 Å². The van der Waals surface area contributed by atoms with Crippen LogP contribution in [-0.2, 0) is 16.0 Å². The second-order valence-corrected chi connectivity index (χ2v) is 7.57. The number of carbonyl (C=O) groups is 1. The summed E-state index contributed by atoms with van der Waals surface area (Å²) < 4.78 is 9.94. The van der Waals surface area contributed by atoms with E-state index in [0.29, 0.717) is 18.8 Å². The van der Waals surface area contributed by atoms with Crippen molar-refractivity contribution < 1.29 is 24.2 Å². The summed E-state index contributed by atoms with van der Waals surface area (Å²) in [4.78, 5) is 11.1. The molecule has 4 atom stereocenters. The Morgan fingerprint density at radius 3 is 2.89 bits per heavy atom. The van der Waals surface area contributed by atoms with E-state index in [1.54, 1.807) is 6.26 Å². The summed E-state index contributed by atoms with van der Waals surface area (Å²) in [5.74, 6) is 1.37. The van der Waals surface area contributed by atoms with E-state index in [1.165, 1.54) is 7.11 Å². The first-order valence-electron chi connectivity index (χ1n) is 10.2. The number of unbranched alkanes of at least 4 members (excludes halogenated alkanes) is 3. The average Bonchev–Trinajstić information content (AvgIpc) is 3.31. The number of ether oxygens (including phenoxy) is 1. The highest BCUT2D eigenvalue weighted by atomic mass is 16.5. The molecule has 1 aromatic rings. The minimum absolute atomic E-state index is 0.142. The molecule has 0 spiro atoms. The van der Waals surface area contributed by atoms with Gasteiger partial charge in [0, 0.05) is 12.8 Å². The molecule has 0 bridgehead atoms. The van der Waals surface area contributed by atoms with Crippen LogP contribution in [0.4, 0.5) is 0 Å². The molecule has 5 heteroatoms. The lowest BCUT2D eigenvalue weighted by Gasteiger charge is -2.20. The number of aryl methyl sites for hydroxylation is 1. The number of hydrogen-bond donors (Lipinski definition) is 2. The lowest BCUT2D eigenvalue weighted by molar-refractivity contribution is -0.140. The molecule has 1 aliphatic rings. The van der Waals surface area contributed by atoms with E-state index in [4.69, 9.17) is 4.42 Å². The van der Waals surface area contributed by atoms with E-state index in [9.17, 15) is 15.0 Å². The van der Waals surface area contributed by atoms with Crippen molar-refractivity contribution in [3.05, 3.63) is 36.3 Å². The predicted molar refractivity (Wildman–Crippen MR) is 104 cm³/mol. The Morgan fingerprint density at radius 1 is 1.33 bits per heavy atom. The number of aliphatic hydroxyl groups is 2. The summed E-state index contributed by atoms with van der Waals surface area (Å²) in [6.07, 6.45) is 13.6. The van der Waals surface area contributed by atoms with Crippen LogP contribution in [0.25, 0.3) is 0 Å². The van der Waals surface area contributed by atoms with Crippen LogP contribution < -0.4 is 0 Å². The molecule has 1 saturated carbocycles. The molecule has 0 radical (unpaired) electrons. The molecule has 0 amide bonds. The van der Waals surface area contributed by atoms with Gasteiger partial charge in [-0.05, 0) is 56.1 Å². The zero-order valence-electron chi connectivity index (χ0n) is 16.4. The van der Waals surface area contributed by atoms with Crippen LogP contribution in [0, 0.1) is 11.8 Å². The lowest BCUT2D eigenvalue weighted by Crippen LogP contribution is -2.18. The zero-order valence-corrected chi connectivity index (χ0v) is 16.4. The van der Waals surface area contributed by atoms with Gasteiger partial charge < -0.3 is 19.4 Å². The third-order valence-electron chi connectivity index (χ3n) is 5.58. The van der Waals surface area contributed by atoms with Crippen molar-refractivity contribution in [1.82, 2.24) is 0 Å². The van der Waals surface area contributed by atoms with Crippen LogP contribution in [0.5, 0.6) is 0 Å². The molecule has 0 unspecified atom stereocenters. The maximum absolute atomic E-state index is 11.1. The van der Waals surface area contributed by atoms with Gasteiger partial charge in [0.2, 0.25) is 0 Å². The molecular weight excluding hydrogens is 344 g/mol. The smallest absolute Gasteiger partial charge is 0.305 e. The van der Waals surface area contributed by atoms with Gasteiger partial charge in [-0.1, -0.05) is 31.4 Å². The van der Waals surface area contributed by atoms with Crippen molar-refractivity contribution in [3.8, 4) is 0 Å². The number of carbonyl (C=O) groups excluding carboxylic acids is 1. The summed E-state index contributed by atoms with van der Waals surface area (Å²) >= 11 is 0. The van der Waals surface area contributed by atoms with Crippen LogP contribution in [0.1, 0.15) is 63.5 Å². The maximum atomic E-state index is 11.1. The highest BCUT2D eigenvalue weighted by Gasteiger charge is 2.32. The third kappa shape index (κ3) is 7.89.